The summed E-state index contributed by atoms with van der Waals surface area (Å²) in [4.78, 5) is 0. The van der Waals surface area contributed by atoms with Crippen LogP contribution in [0.25, 0.3) is 0 Å². The van der Waals surface area contributed by atoms with Gasteiger partial charge in [-0.1, -0.05) is 24.6 Å². The molecule has 14 heavy (non-hydrogen) atoms. The van der Waals surface area contributed by atoms with Crippen LogP contribution in [0.1, 0.15) is 18.1 Å². The molecule has 3 heteroatoms. The van der Waals surface area contributed by atoms with Crippen molar-refractivity contribution in [2.75, 3.05) is 6.61 Å². The first-order chi connectivity index (χ1) is 6.58. The Morgan fingerprint density at radius 3 is 3.00 bits per heavy atom. The number of hydrogen-bond donors (Lipinski definition) is 2. The molecule has 1 aliphatic rings. The van der Waals surface area contributed by atoms with E-state index in [1.54, 1.807) is 0 Å². The van der Waals surface area contributed by atoms with E-state index in [2.05, 4.69) is 6.92 Å². The Morgan fingerprint density at radius 2 is 2.36 bits per heavy atom. The summed E-state index contributed by atoms with van der Waals surface area (Å²) >= 11 is 5.92. The minimum Gasteiger partial charge on any atom is -0.394 e. The van der Waals surface area contributed by atoms with Gasteiger partial charge in [0.05, 0.1) is 12.1 Å². The molecule has 0 aromatic heterocycles. The number of hydrogen-bond acceptors (Lipinski definition) is 2. The lowest BCUT2D eigenvalue weighted by Crippen LogP contribution is -2.43. The van der Waals surface area contributed by atoms with Gasteiger partial charge in [-0.3, -0.25) is 0 Å². The van der Waals surface area contributed by atoms with Gasteiger partial charge in [0.15, 0.2) is 0 Å². The van der Waals surface area contributed by atoms with E-state index < -0.39 is 5.54 Å². The van der Waals surface area contributed by atoms with Crippen molar-refractivity contribution < 1.29 is 5.11 Å². The number of nitrogens with two attached hydrogens (primary N) is 1. The predicted octanol–water partition coefficient (Wildman–Crippen LogP) is 1.68. The molecule has 2 rings (SSSR count). The topological polar surface area (TPSA) is 46.2 Å². The number of aliphatic hydroxyl groups is 1. The second kappa shape index (κ2) is 3.23. The average molecular weight is 212 g/mol. The molecular weight excluding hydrogens is 198 g/mol. The van der Waals surface area contributed by atoms with E-state index >= 15 is 0 Å². The van der Waals surface area contributed by atoms with Crippen LogP contribution in [0.5, 0.6) is 0 Å². The predicted molar refractivity (Wildman–Crippen MR) is 57.3 cm³/mol. The maximum absolute atomic E-state index is 9.37. The van der Waals surface area contributed by atoms with Gasteiger partial charge in [-0.15, -0.1) is 0 Å². The summed E-state index contributed by atoms with van der Waals surface area (Å²) in [6.45, 7) is 2.03. The fourth-order valence-corrected chi connectivity index (χ4v) is 2.35. The van der Waals surface area contributed by atoms with Gasteiger partial charge in [0, 0.05) is 5.02 Å². The van der Waals surface area contributed by atoms with Gasteiger partial charge in [-0.25, -0.2) is 0 Å². The second-order valence-corrected chi connectivity index (χ2v) is 4.54. The molecule has 2 atom stereocenters. The molecule has 0 saturated carbocycles. The number of rotatable bonds is 1. The molecule has 3 N–H and O–H groups in total. The third-order valence-corrected chi connectivity index (χ3v) is 3.48. The van der Waals surface area contributed by atoms with E-state index in [0.29, 0.717) is 5.02 Å². The van der Waals surface area contributed by atoms with Crippen molar-refractivity contribution in [1.29, 1.82) is 0 Å². The summed E-state index contributed by atoms with van der Waals surface area (Å²) < 4.78 is 0. The van der Waals surface area contributed by atoms with Crippen LogP contribution in [0, 0.1) is 5.92 Å². The highest BCUT2D eigenvalue weighted by atomic mass is 35.5. The summed E-state index contributed by atoms with van der Waals surface area (Å²) in [7, 11) is 0. The maximum Gasteiger partial charge on any atom is 0.0676 e. The number of halogens is 1. The first-order valence-electron chi connectivity index (χ1n) is 4.76. The molecule has 0 saturated heterocycles. The highest BCUT2D eigenvalue weighted by Crippen LogP contribution is 2.40. The van der Waals surface area contributed by atoms with Crippen molar-refractivity contribution in [3.8, 4) is 0 Å². The van der Waals surface area contributed by atoms with Crippen molar-refractivity contribution in [2.45, 2.75) is 18.9 Å². The van der Waals surface area contributed by atoms with Crippen LogP contribution >= 0.6 is 11.6 Å². The van der Waals surface area contributed by atoms with Crippen LogP contribution in [-0.4, -0.2) is 11.7 Å². The van der Waals surface area contributed by atoms with Gasteiger partial charge in [-0.2, -0.15) is 0 Å². The van der Waals surface area contributed by atoms with Crippen molar-refractivity contribution in [3.63, 3.8) is 0 Å². The average Bonchev–Trinajstić information content (AvgIpc) is 2.41. The number of fused-ring (bicyclic) bond motifs is 1. The van der Waals surface area contributed by atoms with E-state index in [-0.39, 0.29) is 12.5 Å². The van der Waals surface area contributed by atoms with Gasteiger partial charge in [0.2, 0.25) is 0 Å². The Bertz CT molecular complexity index is 366. The van der Waals surface area contributed by atoms with Gasteiger partial charge in [-0.05, 0) is 35.6 Å². The monoisotopic (exact) mass is 211 g/mol. The lowest BCUT2D eigenvalue weighted by molar-refractivity contribution is 0.159. The van der Waals surface area contributed by atoms with Crippen LogP contribution in [0.2, 0.25) is 5.02 Å². The van der Waals surface area contributed by atoms with Crippen molar-refractivity contribution >= 4 is 11.6 Å². The minimum atomic E-state index is -0.611. The molecule has 2 nitrogen and oxygen atoms in total. The van der Waals surface area contributed by atoms with E-state index in [1.807, 2.05) is 18.2 Å². The molecular formula is C11H14ClNO. The van der Waals surface area contributed by atoms with E-state index in [0.717, 1.165) is 12.0 Å². The summed E-state index contributed by atoms with van der Waals surface area (Å²) in [5.41, 5.74) is 7.77. The molecule has 76 valence electrons. The molecule has 1 aromatic carbocycles. The third kappa shape index (κ3) is 1.26. The Balaban J connectivity index is 2.55. The standard InChI is InChI=1S/C11H14ClNO/c1-7-4-8-2-3-9(12)5-10(8)11(7,13)6-14/h2-3,5,7,14H,4,6,13H2,1H3. The first-order valence-corrected chi connectivity index (χ1v) is 5.14. The molecule has 0 amide bonds. The summed E-state index contributed by atoms with van der Waals surface area (Å²) in [6, 6.07) is 5.74. The van der Waals surface area contributed by atoms with Gasteiger partial charge >= 0.3 is 0 Å². The molecule has 2 unspecified atom stereocenters. The highest BCUT2D eigenvalue weighted by molar-refractivity contribution is 6.30. The first kappa shape index (κ1) is 9.97. The SMILES string of the molecule is CC1Cc2ccc(Cl)cc2C1(N)CO. The summed E-state index contributed by atoms with van der Waals surface area (Å²) in [5, 5.41) is 10.0. The van der Waals surface area contributed by atoms with Crippen LogP contribution in [0.15, 0.2) is 18.2 Å². The second-order valence-electron chi connectivity index (χ2n) is 4.11. The van der Waals surface area contributed by atoms with Gasteiger partial charge in [0.25, 0.3) is 0 Å². The lowest BCUT2D eigenvalue weighted by atomic mass is 9.87. The maximum atomic E-state index is 9.37. The van der Waals surface area contributed by atoms with Crippen LogP contribution in [0.4, 0.5) is 0 Å². The van der Waals surface area contributed by atoms with Crippen molar-refractivity contribution in [2.24, 2.45) is 11.7 Å². The minimum absolute atomic E-state index is 0.0263. The van der Waals surface area contributed by atoms with E-state index in [4.69, 9.17) is 17.3 Å². The van der Waals surface area contributed by atoms with Crippen LogP contribution < -0.4 is 5.73 Å². The Labute approximate surface area is 88.7 Å². The molecule has 1 aromatic rings. The van der Waals surface area contributed by atoms with Crippen molar-refractivity contribution in [3.05, 3.63) is 34.3 Å². The fraction of sp³-hybridized carbons (Fsp3) is 0.455. The largest absolute Gasteiger partial charge is 0.394 e. The third-order valence-electron chi connectivity index (χ3n) is 3.24. The smallest absolute Gasteiger partial charge is 0.0676 e. The quantitative estimate of drug-likeness (QED) is 0.743. The Morgan fingerprint density at radius 1 is 1.64 bits per heavy atom. The Kier molecular flexibility index (Phi) is 2.30. The zero-order chi connectivity index (χ0) is 10.3. The molecule has 0 bridgehead atoms. The fourth-order valence-electron chi connectivity index (χ4n) is 2.18. The summed E-state index contributed by atoms with van der Waals surface area (Å²) in [6.07, 6.45) is 0.920. The number of aliphatic hydroxyl groups excluding tert-OH is 1. The van der Waals surface area contributed by atoms with Crippen LogP contribution in [0.3, 0.4) is 0 Å². The van der Waals surface area contributed by atoms with Crippen LogP contribution in [-0.2, 0) is 12.0 Å². The zero-order valence-corrected chi connectivity index (χ0v) is 8.88. The van der Waals surface area contributed by atoms with E-state index in [9.17, 15) is 5.11 Å². The lowest BCUT2D eigenvalue weighted by Gasteiger charge is -2.27. The molecule has 0 radical (unpaired) electrons. The molecule has 0 fully saturated rings. The zero-order valence-electron chi connectivity index (χ0n) is 8.13. The van der Waals surface area contributed by atoms with Crippen molar-refractivity contribution in [1.82, 2.24) is 0 Å². The molecule has 0 spiro atoms. The molecule has 1 aliphatic carbocycles. The number of benzene rings is 1. The normalized spacial score (nSPS) is 30.4. The Hall–Kier alpha value is -0.570. The molecule has 0 heterocycles. The summed E-state index contributed by atoms with van der Waals surface area (Å²) in [5.74, 6) is 0.265. The van der Waals surface area contributed by atoms with Gasteiger partial charge < -0.3 is 10.8 Å². The van der Waals surface area contributed by atoms with Gasteiger partial charge in [0.1, 0.15) is 0 Å². The highest BCUT2D eigenvalue weighted by Gasteiger charge is 2.40. The molecule has 0 aliphatic heterocycles. The van der Waals surface area contributed by atoms with E-state index in [1.165, 1.54) is 5.56 Å².